The van der Waals surface area contributed by atoms with Crippen LogP contribution in [0.2, 0.25) is 0 Å². The molecular formula is C63H104O6. The lowest BCUT2D eigenvalue weighted by atomic mass is 10.1. The van der Waals surface area contributed by atoms with Crippen molar-refractivity contribution in [3.8, 4) is 0 Å². The first-order chi connectivity index (χ1) is 34.0. The molecule has 0 amide bonds. The Labute approximate surface area is 425 Å². The Hall–Kier alpha value is -3.93. The van der Waals surface area contributed by atoms with E-state index in [0.29, 0.717) is 19.3 Å². The quantitative estimate of drug-likeness (QED) is 0.0262. The van der Waals surface area contributed by atoms with Crippen molar-refractivity contribution in [2.24, 2.45) is 0 Å². The van der Waals surface area contributed by atoms with Crippen molar-refractivity contribution in [1.29, 1.82) is 0 Å². The Bertz CT molecular complexity index is 1420. The fourth-order valence-electron chi connectivity index (χ4n) is 7.53. The van der Waals surface area contributed by atoms with Crippen LogP contribution >= 0.6 is 0 Å². The molecule has 0 aliphatic heterocycles. The number of esters is 3. The second-order valence-electron chi connectivity index (χ2n) is 18.5. The molecule has 0 spiro atoms. The molecule has 69 heavy (non-hydrogen) atoms. The van der Waals surface area contributed by atoms with Crippen molar-refractivity contribution < 1.29 is 28.6 Å². The Morgan fingerprint density at radius 1 is 0.304 bits per heavy atom. The second kappa shape index (κ2) is 56.7. The summed E-state index contributed by atoms with van der Waals surface area (Å²) in [5.74, 6) is -1.01. The van der Waals surface area contributed by atoms with E-state index in [4.69, 9.17) is 14.2 Å². The first-order valence-corrected chi connectivity index (χ1v) is 28.4. The maximum atomic E-state index is 12.8. The highest BCUT2D eigenvalue weighted by atomic mass is 16.6. The smallest absolute Gasteiger partial charge is 0.306 e. The molecule has 6 heteroatoms. The lowest BCUT2D eigenvalue weighted by molar-refractivity contribution is -0.166. The minimum Gasteiger partial charge on any atom is -0.462 e. The van der Waals surface area contributed by atoms with E-state index >= 15 is 0 Å². The van der Waals surface area contributed by atoms with Crippen molar-refractivity contribution >= 4 is 17.9 Å². The van der Waals surface area contributed by atoms with Gasteiger partial charge in [0.05, 0.1) is 0 Å². The van der Waals surface area contributed by atoms with Crippen LogP contribution in [0.3, 0.4) is 0 Å². The first-order valence-electron chi connectivity index (χ1n) is 28.4. The van der Waals surface area contributed by atoms with Gasteiger partial charge in [-0.15, -0.1) is 0 Å². The van der Waals surface area contributed by atoms with Crippen molar-refractivity contribution in [2.75, 3.05) is 13.2 Å². The molecule has 0 saturated heterocycles. The zero-order valence-electron chi connectivity index (χ0n) is 44.8. The van der Waals surface area contributed by atoms with E-state index < -0.39 is 12.1 Å². The first kappa shape index (κ1) is 65.1. The zero-order chi connectivity index (χ0) is 50.0. The molecule has 0 N–H and O–H groups in total. The van der Waals surface area contributed by atoms with E-state index in [-0.39, 0.29) is 31.6 Å². The van der Waals surface area contributed by atoms with Gasteiger partial charge in [-0.25, -0.2) is 0 Å². The second-order valence-corrected chi connectivity index (χ2v) is 18.5. The summed E-state index contributed by atoms with van der Waals surface area (Å²) in [6.45, 7) is 6.43. The number of allylic oxidation sites excluding steroid dienone is 18. The maximum absolute atomic E-state index is 12.8. The van der Waals surface area contributed by atoms with Crippen LogP contribution < -0.4 is 0 Å². The summed E-state index contributed by atoms with van der Waals surface area (Å²) in [7, 11) is 0. The summed E-state index contributed by atoms with van der Waals surface area (Å²) >= 11 is 0. The van der Waals surface area contributed by atoms with E-state index in [0.717, 1.165) is 103 Å². The van der Waals surface area contributed by atoms with Crippen LogP contribution in [0.1, 0.15) is 252 Å². The lowest BCUT2D eigenvalue weighted by Gasteiger charge is -2.18. The van der Waals surface area contributed by atoms with Gasteiger partial charge in [-0.05, 0) is 96.3 Å². The van der Waals surface area contributed by atoms with E-state index in [1.54, 1.807) is 0 Å². The largest absolute Gasteiger partial charge is 0.462 e. The van der Waals surface area contributed by atoms with Gasteiger partial charge in [-0.2, -0.15) is 0 Å². The van der Waals surface area contributed by atoms with E-state index in [1.165, 1.54) is 103 Å². The molecule has 392 valence electrons. The minimum absolute atomic E-state index is 0.112. The number of carbonyl (C=O) groups excluding carboxylic acids is 3. The molecule has 0 aromatic rings. The van der Waals surface area contributed by atoms with E-state index in [1.807, 2.05) is 12.2 Å². The molecule has 6 nitrogen and oxygen atoms in total. The minimum atomic E-state index is -0.824. The molecule has 0 rings (SSSR count). The highest BCUT2D eigenvalue weighted by Crippen LogP contribution is 2.14. The summed E-state index contributed by atoms with van der Waals surface area (Å²) in [6.07, 6.45) is 76.6. The van der Waals surface area contributed by atoms with Gasteiger partial charge >= 0.3 is 17.9 Å². The molecule has 1 unspecified atom stereocenters. The Morgan fingerprint density at radius 2 is 0.594 bits per heavy atom. The topological polar surface area (TPSA) is 78.9 Å². The van der Waals surface area contributed by atoms with E-state index in [2.05, 4.69) is 118 Å². The predicted molar refractivity (Wildman–Crippen MR) is 297 cm³/mol. The van der Waals surface area contributed by atoms with Crippen LogP contribution in [-0.4, -0.2) is 37.2 Å². The summed E-state index contributed by atoms with van der Waals surface area (Å²) in [4.78, 5) is 38.1. The molecule has 0 fully saturated rings. The third kappa shape index (κ3) is 54.9. The van der Waals surface area contributed by atoms with Crippen LogP contribution in [0, 0.1) is 0 Å². The summed E-state index contributed by atoms with van der Waals surface area (Å²) in [5.41, 5.74) is 0. The SMILES string of the molecule is CC/C=C\C/C=C\C/C=C\C/C=C\C/C=C\C/C=C\CCC(=O)OC(COC(=O)CCCCCCCC/C=C\C/C=C\C/C=C\CCCCCCC)COC(=O)CCCCCCCCCCCCC. The molecule has 0 radical (unpaired) electrons. The molecule has 0 aliphatic rings. The van der Waals surface area contributed by atoms with Crippen LogP contribution in [0.25, 0.3) is 0 Å². The molecular weight excluding hydrogens is 853 g/mol. The summed E-state index contributed by atoms with van der Waals surface area (Å²) in [6, 6.07) is 0. The van der Waals surface area contributed by atoms with Gasteiger partial charge in [-0.3, -0.25) is 14.4 Å². The third-order valence-corrected chi connectivity index (χ3v) is 11.8. The Morgan fingerprint density at radius 3 is 0.942 bits per heavy atom. The van der Waals surface area contributed by atoms with Crippen molar-refractivity contribution in [1.82, 2.24) is 0 Å². The number of hydrogen-bond donors (Lipinski definition) is 0. The van der Waals surface area contributed by atoms with Crippen LogP contribution in [0.5, 0.6) is 0 Å². The molecule has 0 aromatic carbocycles. The summed E-state index contributed by atoms with van der Waals surface area (Å²) in [5, 5.41) is 0. The average Bonchev–Trinajstić information content (AvgIpc) is 3.35. The standard InChI is InChI=1S/C63H104O6/c1-4-7-10-13-16-19-22-24-26-28-30-31-33-34-36-38-41-44-47-50-53-56-62(65)68-59-60(58-67-61(64)55-52-49-46-43-40-21-18-15-12-9-6-3)69-63(66)57-54-51-48-45-42-39-37-35-32-29-27-25-23-20-17-14-11-8-5-2/h8,11,17,20,22,24-25,27-28,30,32-35,39,42,48,51,60H,4-7,9-10,12-16,18-19,21,23,26,29,31,36-38,40-41,43-47,49-50,52-59H2,1-3H3/b11-8-,20-17-,24-22-,27-25-,30-28-,34-33-,35-32-,42-39-,51-48-. The van der Waals surface area contributed by atoms with Gasteiger partial charge < -0.3 is 14.2 Å². The lowest BCUT2D eigenvalue weighted by Crippen LogP contribution is -2.30. The molecule has 0 heterocycles. The van der Waals surface area contributed by atoms with Crippen LogP contribution in [0.4, 0.5) is 0 Å². The van der Waals surface area contributed by atoms with Crippen molar-refractivity contribution in [2.45, 2.75) is 258 Å². The number of unbranched alkanes of at least 4 members (excludes halogenated alkanes) is 21. The summed E-state index contributed by atoms with van der Waals surface area (Å²) < 4.78 is 16.8. The molecule has 0 saturated carbocycles. The normalized spacial score (nSPS) is 12.9. The molecule has 0 aliphatic carbocycles. The molecule has 1 atom stereocenters. The van der Waals surface area contributed by atoms with Crippen molar-refractivity contribution in [3.63, 3.8) is 0 Å². The van der Waals surface area contributed by atoms with Crippen molar-refractivity contribution in [3.05, 3.63) is 109 Å². The monoisotopic (exact) mass is 957 g/mol. The van der Waals surface area contributed by atoms with Gasteiger partial charge in [0.15, 0.2) is 6.10 Å². The number of hydrogen-bond acceptors (Lipinski definition) is 6. The fraction of sp³-hybridized carbons (Fsp3) is 0.667. The molecule has 0 bridgehead atoms. The number of carbonyl (C=O) groups is 3. The Balaban J connectivity index is 4.48. The molecule has 0 aromatic heterocycles. The third-order valence-electron chi connectivity index (χ3n) is 11.8. The van der Waals surface area contributed by atoms with Gasteiger partial charge in [0.25, 0.3) is 0 Å². The van der Waals surface area contributed by atoms with Gasteiger partial charge in [0, 0.05) is 19.3 Å². The number of rotatable bonds is 50. The van der Waals surface area contributed by atoms with Gasteiger partial charge in [-0.1, -0.05) is 246 Å². The van der Waals surface area contributed by atoms with Crippen LogP contribution in [-0.2, 0) is 28.6 Å². The number of ether oxygens (including phenoxy) is 3. The van der Waals surface area contributed by atoms with Gasteiger partial charge in [0.2, 0.25) is 0 Å². The predicted octanol–water partition coefficient (Wildman–Crippen LogP) is 19.1. The Kier molecular flexibility index (Phi) is 53.4. The van der Waals surface area contributed by atoms with Gasteiger partial charge in [0.1, 0.15) is 13.2 Å². The maximum Gasteiger partial charge on any atom is 0.306 e. The van der Waals surface area contributed by atoms with Crippen LogP contribution in [0.15, 0.2) is 109 Å². The van der Waals surface area contributed by atoms with E-state index in [9.17, 15) is 14.4 Å². The highest BCUT2D eigenvalue weighted by molar-refractivity contribution is 5.71. The fourth-order valence-corrected chi connectivity index (χ4v) is 7.53. The average molecular weight is 958 g/mol. The highest BCUT2D eigenvalue weighted by Gasteiger charge is 2.19. The zero-order valence-corrected chi connectivity index (χ0v) is 44.8.